The summed E-state index contributed by atoms with van der Waals surface area (Å²) >= 11 is 0. The standard InChI is InChI=1S/C15H16O6/c1-6(16)3-7-8-5-21-15(7)12-11(13(8)18)9(17)4-10(20-2)14(12)19/h4,7-8,15,17,19H,3,5H2,1-2H3/t7-,8-,15+/m0/s1. The molecular formula is C15H16O6. The molecule has 1 saturated heterocycles. The van der Waals surface area contributed by atoms with E-state index in [0.717, 1.165) is 0 Å². The van der Waals surface area contributed by atoms with Gasteiger partial charge in [-0.1, -0.05) is 0 Å². The number of ether oxygens (including phenoxy) is 2. The van der Waals surface area contributed by atoms with Crippen molar-refractivity contribution in [2.45, 2.75) is 19.4 Å². The van der Waals surface area contributed by atoms with E-state index >= 15 is 0 Å². The molecule has 1 aromatic carbocycles. The average molecular weight is 292 g/mol. The smallest absolute Gasteiger partial charge is 0.172 e. The topological polar surface area (TPSA) is 93.1 Å². The van der Waals surface area contributed by atoms with Crippen molar-refractivity contribution >= 4 is 11.6 Å². The Labute approximate surface area is 121 Å². The molecule has 0 amide bonds. The van der Waals surface area contributed by atoms with Crippen LogP contribution < -0.4 is 4.74 Å². The molecule has 2 aliphatic rings. The summed E-state index contributed by atoms with van der Waals surface area (Å²) in [5.74, 6) is -1.45. The summed E-state index contributed by atoms with van der Waals surface area (Å²) in [6, 6.07) is 1.22. The third-order valence-corrected chi connectivity index (χ3v) is 4.25. The summed E-state index contributed by atoms with van der Waals surface area (Å²) in [6.07, 6.45) is -0.370. The van der Waals surface area contributed by atoms with Crippen molar-refractivity contribution in [1.29, 1.82) is 0 Å². The number of benzene rings is 1. The highest BCUT2D eigenvalue weighted by molar-refractivity contribution is 6.05. The predicted octanol–water partition coefficient (Wildman–Crippen LogP) is 1.59. The van der Waals surface area contributed by atoms with Crippen LogP contribution in [0.1, 0.15) is 35.4 Å². The molecule has 3 atom stereocenters. The van der Waals surface area contributed by atoms with Gasteiger partial charge in [0.2, 0.25) is 0 Å². The number of hydrogen-bond donors (Lipinski definition) is 2. The zero-order valence-electron chi connectivity index (χ0n) is 11.8. The first-order valence-electron chi connectivity index (χ1n) is 6.73. The minimum absolute atomic E-state index is 0.0386. The summed E-state index contributed by atoms with van der Waals surface area (Å²) < 4.78 is 10.6. The molecule has 0 saturated carbocycles. The number of methoxy groups -OCH3 is 1. The van der Waals surface area contributed by atoms with Gasteiger partial charge in [-0.15, -0.1) is 0 Å². The van der Waals surface area contributed by atoms with Gasteiger partial charge in [0.05, 0.1) is 31.3 Å². The van der Waals surface area contributed by atoms with Gasteiger partial charge >= 0.3 is 0 Å². The lowest BCUT2D eigenvalue weighted by Crippen LogP contribution is -2.31. The van der Waals surface area contributed by atoms with Crippen molar-refractivity contribution in [3.05, 3.63) is 17.2 Å². The number of carbonyl (C=O) groups is 2. The normalized spacial score (nSPS) is 26.6. The minimum Gasteiger partial charge on any atom is -0.507 e. The van der Waals surface area contributed by atoms with Gasteiger partial charge < -0.3 is 24.5 Å². The quantitative estimate of drug-likeness (QED) is 0.822. The summed E-state index contributed by atoms with van der Waals surface area (Å²) in [6.45, 7) is 1.65. The number of ketones is 2. The zero-order chi connectivity index (χ0) is 15.3. The van der Waals surface area contributed by atoms with E-state index in [0.29, 0.717) is 0 Å². The van der Waals surface area contributed by atoms with Crippen LogP contribution in [0.25, 0.3) is 0 Å². The Balaban J connectivity index is 2.19. The maximum Gasteiger partial charge on any atom is 0.172 e. The third-order valence-electron chi connectivity index (χ3n) is 4.25. The van der Waals surface area contributed by atoms with Gasteiger partial charge in [-0.05, 0) is 6.92 Å². The SMILES string of the molecule is COc1cc(O)c2c(c1O)[C@@H]1OC[C@H](C2=O)[C@@H]1CC(C)=O. The molecule has 1 heterocycles. The van der Waals surface area contributed by atoms with Gasteiger partial charge in [-0.3, -0.25) is 4.79 Å². The van der Waals surface area contributed by atoms with Crippen molar-refractivity contribution in [1.82, 2.24) is 0 Å². The second-order valence-electron chi connectivity index (χ2n) is 5.53. The van der Waals surface area contributed by atoms with Crippen LogP contribution in [0.15, 0.2) is 6.07 Å². The maximum atomic E-state index is 12.5. The monoisotopic (exact) mass is 292 g/mol. The molecule has 0 unspecified atom stereocenters. The Morgan fingerprint density at radius 2 is 2.19 bits per heavy atom. The van der Waals surface area contributed by atoms with E-state index in [2.05, 4.69) is 0 Å². The molecule has 0 radical (unpaired) electrons. The Bertz CT molecular complexity index is 636. The van der Waals surface area contributed by atoms with Gasteiger partial charge in [-0.25, -0.2) is 0 Å². The van der Waals surface area contributed by atoms with Crippen molar-refractivity contribution < 1.29 is 29.3 Å². The van der Waals surface area contributed by atoms with Crippen LogP contribution in [0.3, 0.4) is 0 Å². The number of hydrogen-bond acceptors (Lipinski definition) is 6. The summed E-state index contributed by atoms with van der Waals surface area (Å²) in [5, 5.41) is 20.4. The molecule has 0 aromatic heterocycles. The van der Waals surface area contributed by atoms with Crippen molar-refractivity contribution in [3.63, 3.8) is 0 Å². The Morgan fingerprint density at radius 3 is 2.81 bits per heavy atom. The lowest BCUT2D eigenvalue weighted by atomic mass is 9.73. The van der Waals surface area contributed by atoms with Gasteiger partial charge in [0.1, 0.15) is 11.5 Å². The third kappa shape index (κ3) is 1.90. The highest BCUT2D eigenvalue weighted by Gasteiger charge is 2.51. The summed E-state index contributed by atoms with van der Waals surface area (Å²) in [7, 11) is 1.36. The van der Waals surface area contributed by atoms with E-state index in [9.17, 15) is 19.8 Å². The number of phenols is 2. The second kappa shape index (κ2) is 4.73. The summed E-state index contributed by atoms with van der Waals surface area (Å²) in [5.41, 5.74) is 0.317. The lowest BCUT2D eigenvalue weighted by molar-refractivity contribution is -0.118. The van der Waals surface area contributed by atoms with Gasteiger partial charge in [0.25, 0.3) is 0 Å². The van der Waals surface area contributed by atoms with E-state index in [4.69, 9.17) is 9.47 Å². The van der Waals surface area contributed by atoms with Crippen LogP contribution in [0.2, 0.25) is 0 Å². The molecule has 3 rings (SSSR count). The average Bonchev–Trinajstić information content (AvgIpc) is 2.74. The largest absolute Gasteiger partial charge is 0.507 e. The Kier molecular flexibility index (Phi) is 3.13. The molecule has 112 valence electrons. The lowest BCUT2D eigenvalue weighted by Gasteiger charge is -2.30. The Hall–Kier alpha value is -2.08. The molecule has 0 spiro atoms. The number of rotatable bonds is 3. The fraction of sp³-hybridized carbons (Fsp3) is 0.467. The molecule has 1 aliphatic heterocycles. The van der Waals surface area contributed by atoms with E-state index in [1.807, 2.05) is 0 Å². The fourth-order valence-electron chi connectivity index (χ4n) is 3.35. The molecule has 1 fully saturated rings. The first-order chi connectivity index (χ1) is 9.95. The molecule has 1 aromatic rings. The number of aromatic hydroxyl groups is 2. The van der Waals surface area contributed by atoms with E-state index in [1.54, 1.807) is 0 Å². The number of Topliss-reactive ketones (excluding diaryl/α,β-unsaturated/α-hetero) is 2. The maximum absolute atomic E-state index is 12.5. The number of fused-ring (bicyclic) bond motifs is 4. The molecule has 6 heteroatoms. The molecule has 6 nitrogen and oxygen atoms in total. The Morgan fingerprint density at radius 1 is 1.48 bits per heavy atom. The molecule has 2 bridgehead atoms. The number of phenolic OH excluding ortho intramolecular Hbond substituents is 2. The minimum atomic E-state index is -0.576. The predicted molar refractivity (Wildman–Crippen MR) is 71.6 cm³/mol. The van der Waals surface area contributed by atoms with Crippen LogP contribution in [-0.4, -0.2) is 35.5 Å². The fourth-order valence-corrected chi connectivity index (χ4v) is 3.35. The van der Waals surface area contributed by atoms with Crippen LogP contribution in [0, 0.1) is 11.8 Å². The van der Waals surface area contributed by atoms with E-state index < -0.39 is 12.0 Å². The van der Waals surface area contributed by atoms with Gasteiger partial charge in [0.15, 0.2) is 17.3 Å². The highest BCUT2D eigenvalue weighted by atomic mass is 16.5. The first kappa shape index (κ1) is 13.9. The first-order valence-corrected chi connectivity index (χ1v) is 6.73. The van der Waals surface area contributed by atoms with Gasteiger partial charge in [-0.2, -0.15) is 0 Å². The van der Waals surface area contributed by atoms with Crippen LogP contribution in [0.5, 0.6) is 17.2 Å². The zero-order valence-corrected chi connectivity index (χ0v) is 11.8. The van der Waals surface area contributed by atoms with Crippen molar-refractivity contribution in [2.24, 2.45) is 11.8 Å². The van der Waals surface area contributed by atoms with E-state index in [1.165, 1.54) is 20.1 Å². The number of carbonyl (C=O) groups excluding carboxylic acids is 2. The summed E-state index contributed by atoms with van der Waals surface area (Å²) in [4.78, 5) is 24.0. The molecule has 2 N–H and O–H groups in total. The van der Waals surface area contributed by atoms with Crippen molar-refractivity contribution in [2.75, 3.05) is 13.7 Å². The molecule has 21 heavy (non-hydrogen) atoms. The van der Waals surface area contributed by atoms with Crippen LogP contribution in [0.4, 0.5) is 0 Å². The molecular weight excluding hydrogens is 276 g/mol. The van der Waals surface area contributed by atoms with Crippen molar-refractivity contribution in [3.8, 4) is 17.2 Å². The van der Waals surface area contributed by atoms with Gasteiger partial charge in [0, 0.05) is 24.0 Å². The van der Waals surface area contributed by atoms with Crippen LogP contribution >= 0.6 is 0 Å². The molecule has 1 aliphatic carbocycles. The second-order valence-corrected chi connectivity index (χ2v) is 5.53. The highest BCUT2D eigenvalue weighted by Crippen LogP contribution is 2.54. The van der Waals surface area contributed by atoms with Crippen LogP contribution in [-0.2, 0) is 9.53 Å². The van der Waals surface area contributed by atoms with E-state index in [-0.39, 0.29) is 58.9 Å².